The Morgan fingerprint density at radius 3 is 2.81 bits per heavy atom. The summed E-state index contributed by atoms with van der Waals surface area (Å²) in [5.74, 6) is 0.184. The SMILES string of the molecule is CCNC(=O)CSc1nc2sc3c(c2c(=O)n1-c1ccc(C)cc1)CCC3. The lowest BCUT2D eigenvalue weighted by molar-refractivity contribution is -0.118. The predicted octanol–water partition coefficient (Wildman–Crippen LogP) is 3.47. The first-order valence-electron chi connectivity index (χ1n) is 9.12. The van der Waals surface area contributed by atoms with E-state index in [1.54, 1.807) is 15.9 Å². The van der Waals surface area contributed by atoms with Crippen LogP contribution in [0, 0.1) is 6.92 Å². The van der Waals surface area contributed by atoms with E-state index in [0.717, 1.165) is 40.7 Å². The summed E-state index contributed by atoms with van der Waals surface area (Å²) < 4.78 is 1.66. The second kappa shape index (κ2) is 7.48. The van der Waals surface area contributed by atoms with Crippen molar-refractivity contribution < 1.29 is 4.79 Å². The number of thiophene rings is 1. The van der Waals surface area contributed by atoms with Crippen LogP contribution < -0.4 is 10.9 Å². The molecule has 0 radical (unpaired) electrons. The molecule has 0 saturated carbocycles. The fraction of sp³-hybridized carbons (Fsp3) is 0.350. The Morgan fingerprint density at radius 2 is 2.07 bits per heavy atom. The minimum atomic E-state index is -0.0547. The Labute approximate surface area is 165 Å². The summed E-state index contributed by atoms with van der Waals surface area (Å²) in [7, 11) is 0. The number of nitrogens with one attached hydrogen (secondary N) is 1. The van der Waals surface area contributed by atoms with Crippen molar-refractivity contribution in [2.24, 2.45) is 0 Å². The number of carbonyl (C=O) groups excluding carboxylic acids is 1. The van der Waals surface area contributed by atoms with Gasteiger partial charge in [0.1, 0.15) is 4.83 Å². The molecule has 1 N–H and O–H groups in total. The number of fused-ring (bicyclic) bond motifs is 3. The zero-order valence-corrected chi connectivity index (χ0v) is 17.0. The molecule has 0 unspecified atom stereocenters. The summed E-state index contributed by atoms with van der Waals surface area (Å²) >= 11 is 2.94. The van der Waals surface area contributed by atoms with E-state index in [-0.39, 0.29) is 17.2 Å². The first-order chi connectivity index (χ1) is 13.1. The lowest BCUT2D eigenvalue weighted by Gasteiger charge is -2.12. The summed E-state index contributed by atoms with van der Waals surface area (Å²) in [5, 5.41) is 4.12. The van der Waals surface area contributed by atoms with Crippen molar-refractivity contribution in [3.63, 3.8) is 0 Å². The van der Waals surface area contributed by atoms with Crippen molar-refractivity contribution in [3.05, 3.63) is 50.6 Å². The highest BCUT2D eigenvalue weighted by Crippen LogP contribution is 2.36. The van der Waals surface area contributed by atoms with E-state index < -0.39 is 0 Å². The number of hydrogen-bond acceptors (Lipinski definition) is 5. The van der Waals surface area contributed by atoms with Gasteiger partial charge >= 0.3 is 0 Å². The number of carbonyl (C=O) groups is 1. The van der Waals surface area contributed by atoms with Crippen LogP contribution in [0.1, 0.15) is 29.3 Å². The maximum atomic E-state index is 13.4. The molecule has 1 aliphatic carbocycles. The van der Waals surface area contributed by atoms with Crippen LogP contribution in [-0.4, -0.2) is 27.8 Å². The third-order valence-corrected chi connectivity index (χ3v) is 6.83. The third kappa shape index (κ3) is 3.41. The highest BCUT2D eigenvalue weighted by Gasteiger charge is 2.24. The molecule has 1 amide bonds. The summed E-state index contributed by atoms with van der Waals surface area (Å²) in [6.07, 6.45) is 3.09. The highest BCUT2D eigenvalue weighted by molar-refractivity contribution is 7.99. The largest absolute Gasteiger partial charge is 0.356 e. The number of rotatable bonds is 5. The summed E-state index contributed by atoms with van der Waals surface area (Å²) in [6, 6.07) is 7.85. The van der Waals surface area contributed by atoms with Gasteiger partial charge in [-0.15, -0.1) is 11.3 Å². The molecule has 1 aliphatic rings. The zero-order valence-electron chi connectivity index (χ0n) is 15.4. The number of nitrogens with zero attached hydrogens (tertiary/aromatic N) is 2. The highest BCUT2D eigenvalue weighted by atomic mass is 32.2. The second-order valence-electron chi connectivity index (χ2n) is 6.65. The smallest absolute Gasteiger partial charge is 0.267 e. The van der Waals surface area contributed by atoms with Gasteiger partial charge in [0.05, 0.1) is 16.8 Å². The molecular weight excluding hydrogens is 378 g/mol. The maximum absolute atomic E-state index is 13.4. The van der Waals surface area contributed by atoms with Crippen LogP contribution in [-0.2, 0) is 17.6 Å². The molecule has 3 aromatic rings. The van der Waals surface area contributed by atoms with Gasteiger partial charge in [0.25, 0.3) is 5.56 Å². The number of hydrogen-bond donors (Lipinski definition) is 1. The average Bonchev–Trinajstić information content (AvgIpc) is 3.22. The van der Waals surface area contributed by atoms with Gasteiger partial charge in [-0.25, -0.2) is 4.98 Å². The van der Waals surface area contributed by atoms with E-state index in [0.29, 0.717) is 11.7 Å². The zero-order chi connectivity index (χ0) is 19.0. The molecule has 5 nitrogen and oxygen atoms in total. The van der Waals surface area contributed by atoms with E-state index >= 15 is 0 Å². The maximum Gasteiger partial charge on any atom is 0.267 e. The normalized spacial score (nSPS) is 13.1. The Morgan fingerprint density at radius 1 is 1.30 bits per heavy atom. The van der Waals surface area contributed by atoms with Crippen LogP contribution in [0.15, 0.2) is 34.2 Å². The second-order valence-corrected chi connectivity index (χ2v) is 8.68. The third-order valence-electron chi connectivity index (χ3n) is 4.71. The fourth-order valence-corrected chi connectivity index (χ4v) is 5.57. The monoisotopic (exact) mass is 399 g/mol. The van der Waals surface area contributed by atoms with E-state index in [9.17, 15) is 9.59 Å². The van der Waals surface area contributed by atoms with E-state index in [1.807, 2.05) is 38.1 Å². The van der Waals surface area contributed by atoms with Gasteiger partial charge in [0, 0.05) is 11.4 Å². The number of benzene rings is 1. The Hall–Kier alpha value is -2.12. The molecule has 1 aromatic carbocycles. The minimum Gasteiger partial charge on any atom is -0.356 e. The van der Waals surface area contributed by atoms with Crippen LogP contribution in [0.3, 0.4) is 0 Å². The van der Waals surface area contributed by atoms with Crippen LogP contribution in [0.5, 0.6) is 0 Å². The molecule has 0 spiro atoms. The molecule has 27 heavy (non-hydrogen) atoms. The van der Waals surface area contributed by atoms with Gasteiger partial charge in [-0.1, -0.05) is 29.5 Å². The minimum absolute atomic E-state index is 0.0262. The number of aryl methyl sites for hydroxylation is 3. The molecule has 0 fully saturated rings. The topological polar surface area (TPSA) is 64.0 Å². The summed E-state index contributed by atoms with van der Waals surface area (Å²) in [4.78, 5) is 32.2. The number of aromatic nitrogens is 2. The molecule has 0 saturated heterocycles. The van der Waals surface area contributed by atoms with Gasteiger partial charge in [-0.05, 0) is 50.8 Å². The van der Waals surface area contributed by atoms with Crippen LogP contribution in [0.4, 0.5) is 0 Å². The van der Waals surface area contributed by atoms with Gasteiger partial charge < -0.3 is 5.32 Å². The standard InChI is InChI=1S/C20H21N3O2S2/c1-3-21-16(24)11-26-20-22-18-17(14-5-4-6-15(14)27-18)19(25)23(20)13-9-7-12(2)8-10-13/h7-10H,3-6,11H2,1-2H3,(H,21,24). The van der Waals surface area contributed by atoms with Crippen molar-refractivity contribution in [1.82, 2.24) is 14.9 Å². The first-order valence-corrected chi connectivity index (χ1v) is 10.9. The quantitative estimate of drug-likeness (QED) is 0.527. The molecule has 4 rings (SSSR count). The van der Waals surface area contributed by atoms with Crippen molar-refractivity contribution in [2.45, 2.75) is 38.3 Å². The van der Waals surface area contributed by atoms with Crippen molar-refractivity contribution >= 4 is 39.2 Å². The van der Waals surface area contributed by atoms with Crippen LogP contribution >= 0.6 is 23.1 Å². The molecule has 7 heteroatoms. The average molecular weight is 400 g/mol. The molecule has 0 atom stereocenters. The van der Waals surface area contributed by atoms with E-state index in [4.69, 9.17) is 4.98 Å². The molecule has 0 aliphatic heterocycles. The van der Waals surface area contributed by atoms with Gasteiger partial charge in [0.15, 0.2) is 5.16 Å². The van der Waals surface area contributed by atoms with Gasteiger partial charge in [-0.2, -0.15) is 0 Å². The summed E-state index contributed by atoms with van der Waals surface area (Å²) in [6.45, 7) is 4.50. The first kappa shape index (κ1) is 18.3. The Bertz CT molecular complexity index is 1070. The van der Waals surface area contributed by atoms with Crippen LogP contribution in [0.2, 0.25) is 0 Å². The molecular formula is C20H21N3O2S2. The van der Waals surface area contributed by atoms with E-state index in [1.165, 1.54) is 22.2 Å². The fourth-order valence-electron chi connectivity index (χ4n) is 3.42. The number of amides is 1. The van der Waals surface area contributed by atoms with Crippen molar-refractivity contribution in [1.29, 1.82) is 0 Å². The lowest BCUT2D eigenvalue weighted by Crippen LogP contribution is -2.26. The number of thioether (sulfide) groups is 1. The van der Waals surface area contributed by atoms with Crippen molar-refractivity contribution in [3.8, 4) is 5.69 Å². The van der Waals surface area contributed by atoms with Crippen LogP contribution in [0.25, 0.3) is 15.9 Å². The van der Waals surface area contributed by atoms with Gasteiger partial charge in [-0.3, -0.25) is 14.2 Å². The molecule has 0 bridgehead atoms. The Kier molecular flexibility index (Phi) is 5.06. The predicted molar refractivity (Wildman–Crippen MR) is 111 cm³/mol. The molecule has 2 heterocycles. The summed E-state index contributed by atoms with van der Waals surface area (Å²) in [5.41, 5.74) is 3.07. The molecule has 2 aromatic heterocycles. The van der Waals surface area contributed by atoms with E-state index in [2.05, 4.69) is 5.32 Å². The van der Waals surface area contributed by atoms with Gasteiger partial charge in [0.2, 0.25) is 5.91 Å². The molecule has 140 valence electrons. The lowest BCUT2D eigenvalue weighted by atomic mass is 10.2. The van der Waals surface area contributed by atoms with Crippen molar-refractivity contribution in [2.75, 3.05) is 12.3 Å². The Balaban J connectivity index is 1.86.